The van der Waals surface area contributed by atoms with Gasteiger partial charge in [0.05, 0.1) is 0 Å². The Morgan fingerprint density at radius 1 is 1.50 bits per heavy atom. The summed E-state index contributed by atoms with van der Waals surface area (Å²) >= 11 is 3.10. The number of nitrogens with zero attached hydrogens (tertiary/aromatic N) is 1. The third-order valence-electron chi connectivity index (χ3n) is 1.90. The van der Waals surface area contributed by atoms with Gasteiger partial charge in [0.25, 0.3) is 0 Å². The van der Waals surface area contributed by atoms with E-state index in [2.05, 4.69) is 45.4 Å². The summed E-state index contributed by atoms with van der Waals surface area (Å²) in [5.74, 6) is 3.70. The molecule has 1 aliphatic heterocycles. The van der Waals surface area contributed by atoms with E-state index in [1.807, 2.05) is 0 Å². The molecule has 0 aromatic heterocycles. The van der Waals surface area contributed by atoms with Gasteiger partial charge >= 0.3 is 0 Å². The molecule has 1 fully saturated rings. The SMILES string of the molecule is CC(C)N1CC(C#CBr)C1. The summed E-state index contributed by atoms with van der Waals surface area (Å²) in [4.78, 5) is 5.18. The van der Waals surface area contributed by atoms with Crippen LogP contribution in [0, 0.1) is 16.7 Å². The van der Waals surface area contributed by atoms with Crippen molar-refractivity contribution in [3.63, 3.8) is 0 Å². The summed E-state index contributed by atoms with van der Waals surface area (Å²) < 4.78 is 0. The molecule has 1 aliphatic rings. The number of hydrogen-bond donors (Lipinski definition) is 0. The second-order valence-electron chi connectivity index (χ2n) is 2.98. The topological polar surface area (TPSA) is 3.24 Å². The Hall–Kier alpha value is 0. The highest BCUT2D eigenvalue weighted by Gasteiger charge is 2.26. The molecule has 1 saturated heterocycles. The second-order valence-corrected chi connectivity index (χ2v) is 3.38. The lowest BCUT2D eigenvalue weighted by Crippen LogP contribution is -2.49. The Balaban J connectivity index is 2.22. The van der Waals surface area contributed by atoms with Gasteiger partial charge in [-0.3, -0.25) is 4.90 Å². The van der Waals surface area contributed by atoms with Gasteiger partial charge in [-0.25, -0.2) is 0 Å². The van der Waals surface area contributed by atoms with Crippen molar-refractivity contribution in [3.8, 4) is 10.8 Å². The minimum absolute atomic E-state index is 0.613. The van der Waals surface area contributed by atoms with E-state index >= 15 is 0 Å². The molecule has 0 radical (unpaired) electrons. The number of hydrogen-bond acceptors (Lipinski definition) is 1. The Labute approximate surface area is 70.9 Å². The lowest BCUT2D eigenvalue weighted by Gasteiger charge is -2.39. The van der Waals surface area contributed by atoms with Crippen molar-refractivity contribution in [2.75, 3.05) is 13.1 Å². The fourth-order valence-electron chi connectivity index (χ4n) is 1.10. The van der Waals surface area contributed by atoms with E-state index in [1.54, 1.807) is 0 Å². The van der Waals surface area contributed by atoms with Crippen LogP contribution in [0.5, 0.6) is 0 Å². The summed E-state index contributed by atoms with van der Waals surface area (Å²) in [6.45, 7) is 6.74. The van der Waals surface area contributed by atoms with Crippen molar-refractivity contribution < 1.29 is 0 Å². The molecule has 0 spiro atoms. The molecule has 0 amide bonds. The van der Waals surface area contributed by atoms with E-state index < -0.39 is 0 Å². The van der Waals surface area contributed by atoms with E-state index in [0.717, 1.165) is 13.1 Å². The third-order valence-corrected chi connectivity index (χ3v) is 2.13. The minimum atomic E-state index is 0.613. The molecule has 1 rings (SSSR count). The van der Waals surface area contributed by atoms with Gasteiger partial charge in [-0.05, 0) is 18.7 Å². The van der Waals surface area contributed by atoms with Crippen LogP contribution in [-0.4, -0.2) is 24.0 Å². The van der Waals surface area contributed by atoms with Crippen LogP contribution in [0.15, 0.2) is 0 Å². The quantitative estimate of drug-likeness (QED) is 0.585. The van der Waals surface area contributed by atoms with Gasteiger partial charge in [-0.15, -0.1) is 0 Å². The highest BCUT2D eigenvalue weighted by Crippen LogP contribution is 2.16. The Kier molecular flexibility index (Phi) is 2.76. The highest BCUT2D eigenvalue weighted by molar-refractivity contribution is 9.12. The zero-order valence-electron chi connectivity index (χ0n) is 6.39. The fraction of sp³-hybridized carbons (Fsp3) is 0.750. The van der Waals surface area contributed by atoms with Crippen LogP contribution in [0.25, 0.3) is 0 Å². The minimum Gasteiger partial charge on any atom is -0.298 e. The molecule has 0 aromatic carbocycles. The maximum atomic E-state index is 3.10. The average molecular weight is 202 g/mol. The van der Waals surface area contributed by atoms with Gasteiger partial charge in [-0.2, -0.15) is 0 Å². The maximum absolute atomic E-state index is 3.10. The zero-order valence-corrected chi connectivity index (χ0v) is 7.98. The van der Waals surface area contributed by atoms with E-state index in [0.29, 0.717) is 12.0 Å². The lowest BCUT2D eigenvalue weighted by atomic mass is 10.00. The Morgan fingerprint density at radius 3 is 2.50 bits per heavy atom. The number of halogens is 1. The first-order valence-corrected chi connectivity index (χ1v) is 4.38. The molecule has 0 unspecified atom stereocenters. The molecular formula is C8H12BrN. The van der Waals surface area contributed by atoms with Crippen molar-refractivity contribution in [1.29, 1.82) is 0 Å². The predicted octanol–water partition coefficient (Wildman–Crippen LogP) is 1.68. The van der Waals surface area contributed by atoms with Crippen molar-refractivity contribution >= 4 is 15.9 Å². The molecule has 56 valence electrons. The molecule has 0 N–H and O–H groups in total. The van der Waals surface area contributed by atoms with Gasteiger partial charge in [0.1, 0.15) is 0 Å². The highest BCUT2D eigenvalue weighted by atomic mass is 79.9. The van der Waals surface area contributed by atoms with Crippen LogP contribution in [0.1, 0.15) is 13.8 Å². The standard InChI is InChI=1S/C8H12BrN/c1-7(2)10-5-8(6-10)3-4-9/h7-8H,5-6H2,1-2H3. The molecule has 1 heterocycles. The predicted molar refractivity (Wildman–Crippen MR) is 46.9 cm³/mol. The largest absolute Gasteiger partial charge is 0.298 e. The van der Waals surface area contributed by atoms with Crippen LogP contribution < -0.4 is 0 Å². The summed E-state index contributed by atoms with van der Waals surface area (Å²) in [7, 11) is 0. The van der Waals surface area contributed by atoms with E-state index in [4.69, 9.17) is 0 Å². The summed E-state index contributed by atoms with van der Waals surface area (Å²) in [6.07, 6.45) is 0. The van der Waals surface area contributed by atoms with E-state index in [1.165, 1.54) is 0 Å². The first-order valence-electron chi connectivity index (χ1n) is 3.59. The van der Waals surface area contributed by atoms with E-state index in [9.17, 15) is 0 Å². The first kappa shape index (κ1) is 8.10. The van der Waals surface area contributed by atoms with Gasteiger partial charge in [0, 0.05) is 41.0 Å². The first-order chi connectivity index (χ1) is 4.74. The molecule has 0 saturated carbocycles. The second kappa shape index (κ2) is 3.41. The van der Waals surface area contributed by atoms with Crippen LogP contribution in [-0.2, 0) is 0 Å². The molecule has 0 atom stereocenters. The fourth-order valence-corrected chi connectivity index (χ4v) is 1.43. The lowest BCUT2D eigenvalue weighted by molar-refractivity contribution is 0.0992. The summed E-state index contributed by atoms with van der Waals surface area (Å²) in [6, 6.07) is 0.688. The molecular weight excluding hydrogens is 190 g/mol. The monoisotopic (exact) mass is 201 g/mol. The van der Waals surface area contributed by atoms with Gasteiger partial charge in [0.2, 0.25) is 0 Å². The van der Waals surface area contributed by atoms with Crippen LogP contribution in [0.2, 0.25) is 0 Å². The number of rotatable bonds is 1. The van der Waals surface area contributed by atoms with Crippen LogP contribution in [0.4, 0.5) is 0 Å². The van der Waals surface area contributed by atoms with Gasteiger partial charge in [-0.1, -0.05) is 5.92 Å². The van der Waals surface area contributed by atoms with Gasteiger partial charge in [0.15, 0.2) is 0 Å². The van der Waals surface area contributed by atoms with Gasteiger partial charge < -0.3 is 0 Å². The number of likely N-dealkylation sites (tertiary alicyclic amines) is 1. The van der Waals surface area contributed by atoms with Crippen molar-refractivity contribution in [2.45, 2.75) is 19.9 Å². The normalized spacial score (nSPS) is 20.0. The van der Waals surface area contributed by atoms with Crippen molar-refractivity contribution in [1.82, 2.24) is 4.90 Å². The molecule has 0 bridgehead atoms. The molecule has 10 heavy (non-hydrogen) atoms. The molecule has 1 nitrogen and oxygen atoms in total. The third kappa shape index (κ3) is 1.74. The smallest absolute Gasteiger partial charge is 0.0466 e. The molecule has 0 aromatic rings. The molecule has 0 aliphatic carbocycles. The Bertz CT molecular complexity index is 160. The average Bonchev–Trinajstić information content (AvgIpc) is 1.76. The molecule has 2 heteroatoms. The Morgan fingerprint density at radius 2 is 2.10 bits per heavy atom. The summed E-state index contributed by atoms with van der Waals surface area (Å²) in [5.41, 5.74) is 0. The zero-order chi connectivity index (χ0) is 7.56. The summed E-state index contributed by atoms with van der Waals surface area (Å²) in [5, 5.41) is 0. The van der Waals surface area contributed by atoms with Crippen molar-refractivity contribution in [3.05, 3.63) is 0 Å². The van der Waals surface area contributed by atoms with E-state index in [-0.39, 0.29) is 0 Å². The maximum Gasteiger partial charge on any atom is 0.0466 e. The van der Waals surface area contributed by atoms with Crippen LogP contribution in [0.3, 0.4) is 0 Å². The van der Waals surface area contributed by atoms with Crippen LogP contribution >= 0.6 is 15.9 Å². The van der Waals surface area contributed by atoms with Crippen molar-refractivity contribution in [2.24, 2.45) is 5.92 Å².